The van der Waals surface area contributed by atoms with Gasteiger partial charge in [0.1, 0.15) is 5.84 Å². The molecule has 8 heteroatoms. The number of amides is 1. The molecule has 0 saturated heterocycles. The van der Waals surface area contributed by atoms with E-state index in [2.05, 4.69) is 9.71 Å². The molecule has 3 rings (SSSR count). The Hall–Kier alpha value is -2.12. The standard InChI is InChI=1S/C14H12ClN3O3S/c15-11-3-1-2-4-12(11)16-14(19)10-5-6-13-17-22(20,21)8-7-18(13)9-10/h1-6,9H,7-8H2,(H,16,19). The van der Waals surface area contributed by atoms with Gasteiger partial charge in [0.2, 0.25) is 0 Å². The second-order valence-corrected chi connectivity index (χ2v) is 6.94. The number of nitrogens with one attached hydrogen (secondary N) is 1. The first-order chi connectivity index (χ1) is 10.4. The lowest BCUT2D eigenvalue weighted by atomic mass is 10.1. The van der Waals surface area contributed by atoms with Crippen molar-refractivity contribution in [3.05, 3.63) is 53.2 Å². The lowest BCUT2D eigenvalue weighted by Gasteiger charge is -2.27. The number of halogens is 1. The number of rotatable bonds is 2. The molecule has 0 unspecified atom stereocenters. The van der Waals surface area contributed by atoms with E-state index in [-0.39, 0.29) is 18.2 Å². The SMILES string of the molecule is O=C(Nc1ccccc1Cl)C1=CN2CCS(=O)(=O)N=C2C=C1. The average Bonchev–Trinajstić information content (AvgIpc) is 2.48. The van der Waals surface area contributed by atoms with Gasteiger partial charge in [0, 0.05) is 12.7 Å². The fourth-order valence-electron chi connectivity index (χ4n) is 2.09. The van der Waals surface area contributed by atoms with E-state index < -0.39 is 10.0 Å². The molecule has 0 aliphatic carbocycles. The Morgan fingerprint density at radius 3 is 2.82 bits per heavy atom. The summed E-state index contributed by atoms with van der Waals surface area (Å²) in [6.45, 7) is 0.272. The smallest absolute Gasteiger partial charge is 0.257 e. The Morgan fingerprint density at radius 1 is 1.27 bits per heavy atom. The number of anilines is 1. The van der Waals surface area contributed by atoms with E-state index in [1.54, 1.807) is 35.4 Å². The molecule has 2 aliphatic heterocycles. The first kappa shape index (κ1) is 14.8. The number of carbonyl (C=O) groups excluding carboxylic acids is 1. The highest BCUT2D eigenvalue weighted by Crippen LogP contribution is 2.22. The second-order valence-electron chi connectivity index (χ2n) is 4.78. The maximum Gasteiger partial charge on any atom is 0.257 e. The van der Waals surface area contributed by atoms with Crippen molar-refractivity contribution in [2.24, 2.45) is 4.40 Å². The number of benzene rings is 1. The molecule has 0 spiro atoms. The minimum Gasteiger partial charge on any atom is -0.330 e. The van der Waals surface area contributed by atoms with Crippen LogP contribution in [0, 0.1) is 0 Å². The van der Waals surface area contributed by atoms with E-state index >= 15 is 0 Å². The predicted octanol–water partition coefficient (Wildman–Crippen LogP) is 1.78. The number of carbonyl (C=O) groups is 1. The third kappa shape index (κ3) is 3.05. The van der Waals surface area contributed by atoms with Gasteiger partial charge in [-0.15, -0.1) is 4.40 Å². The van der Waals surface area contributed by atoms with Crippen LogP contribution >= 0.6 is 11.6 Å². The molecule has 22 heavy (non-hydrogen) atoms. The average molecular weight is 338 g/mol. The second kappa shape index (κ2) is 5.58. The number of sulfonamides is 1. The Kier molecular flexibility index (Phi) is 3.76. The lowest BCUT2D eigenvalue weighted by Crippen LogP contribution is -2.37. The highest BCUT2D eigenvalue weighted by molar-refractivity contribution is 7.90. The van der Waals surface area contributed by atoms with Gasteiger partial charge in [0.15, 0.2) is 0 Å². The summed E-state index contributed by atoms with van der Waals surface area (Å²) < 4.78 is 26.5. The molecular formula is C14H12ClN3O3S. The first-order valence-corrected chi connectivity index (χ1v) is 8.48. The van der Waals surface area contributed by atoms with Crippen LogP contribution in [0.3, 0.4) is 0 Å². The van der Waals surface area contributed by atoms with Gasteiger partial charge in [-0.25, -0.2) is 8.42 Å². The minimum atomic E-state index is -3.40. The summed E-state index contributed by atoms with van der Waals surface area (Å²) in [5.41, 5.74) is 0.919. The molecule has 1 amide bonds. The van der Waals surface area contributed by atoms with Crippen LogP contribution in [-0.2, 0) is 14.8 Å². The molecule has 0 radical (unpaired) electrons. The number of amidine groups is 1. The maximum atomic E-state index is 12.2. The monoisotopic (exact) mass is 337 g/mol. The molecule has 2 aliphatic rings. The van der Waals surface area contributed by atoms with Gasteiger partial charge in [-0.05, 0) is 24.3 Å². The molecule has 1 N–H and O–H groups in total. The minimum absolute atomic E-state index is 0.0692. The van der Waals surface area contributed by atoms with E-state index in [9.17, 15) is 13.2 Å². The molecular weight excluding hydrogens is 326 g/mol. The summed E-state index contributed by atoms with van der Waals surface area (Å²) in [6.07, 6.45) is 4.63. The zero-order valence-electron chi connectivity index (χ0n) is 11.4. The number of hydrogen-bond donors (Lipinski definition) is 1. The summed E-state index contributed by atoms with van der Waals surface area (Å²) in [7, 11) is -3.40. The highest BCUT2D eigenvalue weighted by atomic mass is 35.5. The Labute approximate surface area is 132 Å². The molecule has 6 nitrogen and oxygen atoms in total. The van der Waals surface area contributed by atoms with Crippen molar-refractivity contribution in [3.8, 4) is 0 Å². The molecule has 0 fully saturated rings. The fraction of sp³-hybridized carbons (Fsp3) is 0.143. The van der Waals surface area contributed by atoms with Crippen LogP contribution in [0.25, 0.3) is 0 Å². The number of nitrogens with zero attached hydrogens (tertiary/aromatic N) is 2. The quantitative estimate of drug-likeness (QED) is 0.892. The largest absolute Gasteiger partial charge is 0.330 e. The Balaban J connectivity index is 1.80. The van der Waals surface area contributed by atoms with E-state index in [1.807, 2.05) is 0 Å². The van der Waals surface area contributed by atoms with Gasteiger partial charge in [-0.3, -0.25) is 4.79 Å². The van der Waals surface area contributed by atoms with E-state index in [0.29, 0.717) is 22.1 Å². The molecule has 1 aromatic carbocycles. The van der Waals surface area contributed by atoms with Crippen molar-refractivity contribution in [1.82, 2.24) is 4.90 Å². The van der Waals surface area contributed by atoms with Crippen molar-refractivity contribution >= 4 is 39.1 Å². The molecule has 0 aromatic heterocycles. The predicted molar refractivity (Wildman–Crippen MR) is 85.2 cm³/mol. The van der Waals surface area contributed by atoms with Crippen molar-refractivity contribution in [1.29, 1.82) is 0 Å². The van der Waals surface area contributed by atoms with Crippen LogP contribution in [0.15, 0.2) is 52.6 Å². The molecule has 0 bridgehead atoms. The van der Waals surface area contributed by atoms with Crippen LogP contribution in [0.5, 0.6) is 0 Å². The Morgan fingerprint density at radius 2 is 2.05 bits per heavy atom. The zero-order valence-corrected chi connectivity index (χ0v) is 12.9. The molecule has 0 saturated carbocycles. The molecule has 0 atom stereocenters. The van der Waals surface area contributed by atoms with Crippen LogP contribution in [0.1, 0.15) is 0 Å². The van der Waals surface area contributed by atoms with E-state index in [1.165, 1.54) is 12.2 Å². The lowest BCUT2D eigenvalue weighted by molar-refractivity contribution is -0.112. The third-order valence-corrected chi connectivity index (χ3v) is 4.70. The third-order valence-electron chi connectivity index (χ3n) is 3.21. The number of para-hydroxylation sites is 1. The zero-order chi connectivity index (χ0) is 15.7. The maximum absolute atomic E-state index is 12.2. The van der Waals surface area contributed by atoms with E-state index in [4.69, 9.17) is 11.6 Å². The van der Waals surface area contributed by atoms with Crippen molar-refractivity contribution in [2.45, 2.75) is 0 Å². The summed E-state index contributed by atoms with van der Waals surface area (Å²) in [5.74, 6) is -0.0716. The highest BCUT2D eigenvalue weighted by Gasteiger charge is 2.25. The van der Waals surface area contributed by atoms with Gasteiger partial charge in [-0.2, -0.15) is 0 Å². The number of fused-ring (bicyclic) bond motifs is 1. The van der Waals surface area contributed by atoms with Crippen molar-refractivity contribution in [3.63, 3.8) is 0 Å². The summed E-state index contributed by atoms with van der Waals surface area (Å²) >= 11 is 6.00. The summed E-state index contributed by atoms with van der Waals surface area (Å²) in [6, 6.07) is 6.93. The van der Waals surface area contributed by atoms with Gasteiger partial charge < -0.3 is 10.2 Å². The van der Waals surface area contributed by atoms with Gasteiger partial charge in [-0.1, -0.05) is 23.7 Å². The topological polar surface area (TPSA) is 78.8 Å². The summed E-state index contributed by atoms with van der Waals surface area (Å²) in [4.78, 5) is 13.9. The molecule has 1 aromatic rings. The van der Waals surface area contributed by atoms with Crippen LogP contribution < -0.4 is 5.32 Å². The Bertz CT molecular complexity index is 827. The van der Waals surface area contributed by atoms with Gasteiger partial charge in [0.25, 0.3) is 15.9 Å². The van der Waals surface area contributed by atoms with E-state index in [0.717, 1.165) is 0 Å². The number of hydrogen-bond acceptors (Lipinski definition) is 4. The normalized spacial score (nSPS) is 19.0. The molecule has 2 heterocycles. The van der Waals surface area contributed by atoms with Crippen molar-refractivity contribution < 1.29 is 13.2 Å². The van der Waals surface area contributed by atoms with Crippen LogP contribution in [0.4, 0.5) is 5.69 Å². The molecule has 114 valence electrons. The van der Waals surface area contributed by atoms with Gasteiger partial charge >= 0.3 is 0 Å². The van der Waals surface area contributed by atoms with Crippen molar-refractivity contribution in [2.75, 3.05) is 17.6 Å². The first-order valence-electron chi connectivity index (χ1n) is 6.50. The fourth-order valence-corrected chi connectivity index (χ4v) is 3.24. The van der Waals surface area contributed by atoms with Gasteiger partial charge in [0.05, 0.1) is 22.0 Å². The summed E-state index contributed by atoms with van der Waals surface area (Å²) in [5, 5.41) is 3.16. The van der Waals surface area contributed by atoms with Crippen LogP contribution in [0.2, 0.25) is 5.02 Å². The van der Waals surface area contributed by atoms with Crippen LogP contribution in [-0.4, -0.2) is 37.4 Å².